The zero-order valence-electron chi connectivity index (χ0n) is 17.7. The van der Waals surface area contributed by atoms with E-state index in [1.54, 1.807) is 24.4 Å². The van der Waals surface area contributed by atoms with E-state index in [-0.39, 0.29) is 12.2 Å². The van der Waals surface area contributed by atoms with E-state index in [1.807, 2.05) is 24.3 Å². The van der Waals surface area contributed by atoms with Gasteiger partial charge in [0.1, 0.15) is 11.6 Å². The van der Waals surface area contributed by atoms with Crippen LogP contribution in [0.5, 0.6) is 0 Å². The summed E-state index contributed by atoms with van der Waals surface area (Å²) in [6.45, 7) is 1.63. The Labute approximate surface area is 186 Å². The van der Waals surface area contributed by atoms with Crippen LogP contribution in [0.3, 0.4) is 0 Å². The topological polar surface area (TPSA) is 100 Å². The van der Waals surface area contributed by atoms with Gasteiger partial charge < -0.3 is 21.5 Å². The van der Waals surface area contributed by atoms with Crippen LogP contribution >= 0.6 is 0 Å². The van der Waals surface area contributed by atoms with E-state index < -0.39 is 17.8 Å². The fourth-order valence-corrected chi connectivity index (χ4v) is 4.12. The lowest BCUT2D eigenvalue weighted by Crippen LogP contribution is -2.31. The maximum absolute atomic E-state index is 14.9. The highest BCUT2D eigenvalue weighted by atomic mass is 19.1. The number of hydrogen-bond donors (Lipinski definition) is 4. The molecule has 1 aliphatic heterocycles. The molecule has 1 unspecified atom stereocenters. The zero-order chi connectivity index (χ0) is 22.5. The van der Waals surface area contributed by atoms with Gasteiger partial charge in [0.05, 0.1) is 18.2 Å². The summed E-state index contributed by atoms with van der Waals surface area (Å²) in [5, 5.41) is 15.7. The number of aliphatic hydroxyl groups excluding tert-OH is 1. The molecule has 7 heteroatoms. The fraction of sp³-hybridized carbons (Fsp3) is 0.280. The first kappa shape index (κ1) is 21.9. The van der Waals surface area contributed by atoms with Gasteiger partial charge in [0.2, 0.25) is 0 Å². The molecule has 6 nitrogen and oxygen atoms in total. The highest BCUT2D eigenvalue weighted by Crippen LogP contribution is 2.32. The van der Waals surface area contributed by atoms with E-state index in [9.17, 15) is 14.3 Å². The number of rotatable bonds is 6. The summed E-state index contributed by atoms with van der Waals surface area (Å²) in [6, 6.07) is 14.9. The molecule has 0 spiro atoms. The maximum atomic E-state index is 14.9. The molecule has 1 saturated heterocycles. The quantitative estimate of drug-likeness (QED) is 0.477. The molecule has 3 aromatic rings. The second kappa shape index (κ2) is 9.89. The molecular weight excluding hydrogens is 407 g/mol. The number of halogens is 1. The first-order valence-corrected chi connectivity index (χ1v) is 10.8. The van der Waals surface area contributed by atoms with Crippen molar-refractivity contribution in [2.75, 3.05) is 25.4 Å². The number of hydrogen-bond acceptors (Lipinski definition) is 5. The molecule has 166 valence electrons. The van der Waals surface area contributed by atoms with Crippen LogP contribution < -0.4 is 16.4 Å². The van der Waals surface area contributed by atoms with Crippen LogP contribution in [0.15, 0.2) is 60.8 Å². The molecule has 1 fully saturated rings. The number of nitrogens with one attached hydrogen (secondary N) is 2. The van der Waals surface area contributed by atoms with Crippen molar-refractivity contribution in [3.8, 4) is 11.1 Å². The first-order valence-electron chi connectivity index (χ1n) is 10.8. The van der Waals surface area contributed by atoms with Crippen LogP contribution in [0.25, 0.3) is 11.1 Å². The van der Waals surface area contributed by atoms with Gasteiger partial charge in [0, 0.05) is 11.8 Å². The number of aliphatic hydroxyl groups is 1. The number of anilines is 1. The third-order valence-corrected chi connectivity index (χ3v) is 5.96. The highest BCUT2D eigenvalue weighted by molar-refractivity contribution is 5.95. The molecule has 32 heavy (non-hydrogen) atoms. The van der Waals surface area contributed by atoms with E-state index in [4.69, 9.17) is 5.73 Å². The van der Waals surface area contributed by atoms with Gasteiger partial charge in [0.25, 0.3) is 5.91 Å². The molecule has 4 rings (SSSR count). The van der Waals surface area contributed by atoms with Crippen LogP contribution in [0.2, 0.25) is 0 Å². The third-order valence-electron chi connectivity index (χ3n) is 5.96. The van der Waals surface area contributed by atoms with Crippen molar-refractivity contribution in [2.45, 2.75) is 24.8 Å². The van der Waals surface area contributed by atoms with Crippen LogP contribution in [0, 0.1) is 5.82 Å². The van der Waals surface area contributed by atoms with E-state index >= 15 is 0 Å². The van der Waals surface area contributed by atoms with E-state index in [1.165, 1.54) is 12.1 Å². The number of nitrogen functional groups attached to an aromatic ring is 1. The Morgan fingerprint density at radius 2 is 1.94 bits per heavy atom. The number of benzene rings is 2. The van der Waals surface area contributed by atoms with Gasteiger partial charge in [-0.15, -0.1) is 0 Å². The van der Waals surface area contributed by atoms with E-state index in [0.717, 1.165) is 37.1 Å². The van der Waals surface area contributed by atoms with Gasteiger partial charge in [-0.05, 0) is 66.7 Å². The van der Waals surface area contributed by atoms with Gasteiger partial charge in [-0.1, -0.05) is 36.4 Å². The largest absolute Gasteiger partial charge is 0.394 e. The predicted octanol–water partition coefficient (Wildman–Crippen LogP) is 3.40. The van der Waals surface area contributed by atoms with Crippen molar-refractivity contribution in [1.82, 2.24) is 15.6 Å². The minimum atomic E-state index is -0.656. The molecule has 1 amide bonds. The average Bonchev–Trinajstić information content (AvgIpc) is 2.83. The molecule has 0 saturated carbocycles. The van der Waals surface area contributed by atoms with Gasteiger partial charge in [0.15, 0.2) is 0 Å². The average molecular weight is 435 g/mol. The Balaban J connectivity index is 1.56. The Hall–Kier alpha value is -3.29. The van der Waals surface area contributed by atoms with Crippen LogP contribution in [0.1, 0.15) is 46.3 Å². The fourth-order valence-electron chi connectivity index (χ4n) is 4.12. The van der Waals surface area contributed by atoms with Gasteiger partial charge >= 0.3 is 0 Å². The number of amides is 1. The van der Waals surface area contributed by atoms with E-state index in [0.29, 0.717) is 22.9 Å². The molecule has 2 aromatic carbocycles. The Morgan fingerprint density at radius 1 is 1.19 bits per heavy atom. The molecule has 5 N–H and O–H groups in total. The summed E-state index contributed by atoms with van der Waals surface area (Å²) in [7, 11) is 0. The molecule has 1 aliphatic rings. The summed E-state index contributed by atoms with van der Waals surface area (Å²) in [5.74, 6) is -0.530. The standard InChI is InChI=1S/C25H27FN4O2/c26-22-13-18(21-12-19(14-29-24(21)27)16-8-10-28-11-9-16)6-7-20(22)25(32)30-23(15-31)17-4-2-1-3-5-17/h1-7,12-14,16,23,28,31H,8-11,15H2,(H2,27,29)(H,30,32). The van der Waals surface area contributed by atoms with Gasteiger partial charge in [-0.2, -0.15) is 0 Å². The molecule has 0 radical (unpaired) electrons. The second-order valence-corrected chi connectivity index (χ2v) is 8.04. The third kappa shape index (κ3) is 4.79. The number of nitrogens with two attached hydrogens (primary N) is 1. The summed E-state index contributed by atoms with van der Waals surface area (Å²) in [5.41, 5.74) is 9.06. The Bertz CT molecular complexity index is 1080. The molecule has 2 heterocycles. The molecule has 0 aliphatic carbocycles. The van der Waals surface area contributed by atoms with Gasteiger partial charge in [-0.25, -0.2) is 9.37 Å². The Kier molecular flexibility index (Phi) is 6.78. The predicted molar refractivity (Wildman–Crippen MR) is 123 cm³/mol. The Morgan fingerprint density at radius 3 is 2.62 bits per heavy atom. The summed E-state index contributed by atoms with van der Waals surface area (Å²) in [6.07, 6.45) is 3.84. The number of carbonyl (C=O) groups excluding carboxylic acids is 1. The normalized spacial score (nSPS) is 15.3. The number of carbonyl (C=O) groups is 1. The van der Waals surface area contributed by atoms with Crippen molar-refractivity contribution in [3.63, 3.8) is 0 Å². The van der Waals surface area contributed by atoms with Crippen molar-refractivity contribution in [1.29, 1.82) is 0 Å². The molecule has 0 bridgehead atoms. The molecule has 1 aromatic heterocycles. The van der Waals surface area contributed by atoms with Crippen LogP contribution in [-0.4, -0.2) is 35.7 Å². The summed E-state index contributed by atoms with van der Waals surface area (Å²) in [4.78, 5) is 17.0. The van der Waals surface area contributed by atoms with Crippen molar-refractivity contribution in [2.24, 2.45) is 0 Å². The first-order chi connectivity index (χ1) is 15.6. The van der Waals surface area contributed by atoms with Crippen molar-refractivity contribution < 1.29 is 14.3 Å². The number of aromatic nitrogens is 1. The zero-order valence-corrected chi connectivity index (χ0v) is 17.7. The highest BCUT2D eigenvalue weighted by Gasteiger charge is 2.20. The minimum Gasteiger partial charge on any atom is -0.394 e. The number of nitrogens with zero attached hydrogens (tertiary/aromatic N) is 1. The SMILES string of the molecule is Nc1ncc(C2CCNCC2)cc1-c1ccc(C(=O)NC(CO)c2ccccc2)c(F)c1. The lowest BCUT2D eigenvalue weighted by atomic mass is 9.89. The van der Waals surface area contributed by atoms with Crippen LogP contribution in [-0.2, 0) is 0 Å². The smallest absolute Gasteiger partial charge is 0.254 e. The minimum absolute atomic E-state index is 0.0934. The lowest BCUT2D eigenvalue weighted by molar-refractivity contribution is 0.0912. The van der Waals surface area contributed by atoms with Crippen LogP contribution in [0.4, 0.5) is 10.2 Å². The second-order valence-electron chi connectivity index (χ2n) is 8.04. The summed E-state index contributed by atoms with van der Waals surface area (Å²) < 4.78 is 14.9. The molecular formula is C25H27FN4O2. The monoisotopic (exact) mass is 434 g/mol. The summed E-state index contributed by atoms with van der Waals surface area (Å²) >= 11 is 0. The van der Waals surface area contributed by atoms with Crippen molar-refractivity contribution >= 4 is 11.7 Å². The lowest BCUT2D eigenvalue weighted by Gasteiger charge is -2.23. The molecule has 1 atom stereocenters. The van der Waals surface area contributed by atoms with Gasteiger partial charge in [-0.3, -0.25) is 4.79 Å². The number of pyridine rings is 1. The maximum Gasteiger partial charge on any atom is 0.254 e. The van der Waals surface area contributed by atoms with E-state index in [2.05, 4.69) is 15.6 Å². The number of piperidine rings is 1. The van der Waals surface area contributed by atoms with Crippen molar-refractivity contribution in [3.05, 3.63) is 83.3 Å².